The summed E-state index contributed by atoms with van der Waals surface area (Å²) < 4.78 is 5.00. The van der Waals surface area contributed by atoms with Crippen molar-refractivity contribution < 1.29 is 19.4 Å². The predicted octanol–water partition coefficient (Wildman–Crippen LogP) is 5.60. The lowest BCUT2D eigenvalue weighted by atomic mass is 9.64. The van der Waals surface area contributed by atoms with Gasteiger partial charge < -0.3 is 9.84 Å². The molecule has 174 valence electrons. The fourth-order valence-electron chi connectivity index (χ4n) is 4.45. The summed E-state index contributed by atoms with van der Waals surface area (Å²) in [6.45, 7) is 4.92. The van der Waals surface area contributed by atoms with Crippen LogP contribution in [0.5, 0.6) is 0 Å². The Morgan fingerprint density at radius 2 is 1.52 bits per heavy atom. The number of carboxylic acids is 1. The van der Waals surface area contributed by atoms with Gasteiger partial charge in [0.25, 0.3) is 0 Å². The van der Waals surface area contributed by atoms with Crippen molar-refractivity contribution in [1.29, 1.82) is 0 Å². The number of aliphatic carboxylic acids is 1. The van der Waals surface area contributed by atoms with E-state index in [0.29, 0.717) is 12.8 Å². The maximum atomic E-state index is 12.1. The average molecular weight is 432 g/mol. The van der Waals surface area contributed by atoms with Crippen LogP contribution in [-0.2, 0) is 27.3 Å². The highest BCUT2D eigenvalue weighted by Crippen LogP contribution is 2.45. The van der Waals surface area contributed by atoms with Gasteiger partial charge in [-0.15, -0.1) is 0 Å². The lowest BCUT2D eigenvalue weighted by Crippen LogP contribution is -2.57. The molecule has 0 bridgehead atoms. The van der Waals surface area contributed by atoms with Crippen molar-refractivity contribution in [1.82, 2.24) is 4.90 Å². The summed E-state index contributed by atoms with van der Waals surface area (Å²) in [6, 6.07) is 8.85. The van der Waals surface area contributed by atoms with Crippen LogP contribution in [0.2, 0.25) is 0 Å². The fraction of sp³-hybridized carbons (Fsp3) is 0.692. The molecule has 0 radical (unpaired) electrons. The first-order valence-electron chi connectivity index (χ1n) is 12.1. The Bertz CT molecular complexity index is 679. The highest BCUT2D eigenvalue weighted by atomic mass is 16.5. The molecule has 5 heteroatoms. The van der Waals surface area contributed by atoms with E-state index in [2.05, 4.69) is 36.1 Å². The smallest absolute Gasteiger partial charge is 0.323 e. The van der Waals surface area contributed by atoms with E-state index in [9.17, 15) is 14.7 Å². The van der Waals surface area contributed by atoms with Crippen molar-refractivity contribution in [3.05, 3.63) is 35.4 Å². The molecule has 31 heavy (non-hydrogen) atoms. The van der Waals surface area contributed by atoms with Gasteiger partial charge in [0.2, 0.25) is 0 Å². The minimum atomic E-state index is -1.37. The lowest BCUT2D eigenvalue weighted by molar-refractivity contribution is -0.180. The summed E-state index contributed by atoms with van der Waals surface area (Å²) in [4.78, 5) is 25.9. The van der Waals surface area contributed by atoms with E-state index in [1.165, 1.54) is 62.5 Å². The van der Waals surface area contributed by atoms with E-state index in [-0.39, 0.29) is 12.6 Å². The predicted molar refractivity (Wildman–Crippen MR) is 124 cm³/mol. The second-order valence-electron chi connectivity index (χ2n) is 9.13. The number of carbonyl (C=O) groups is 2. The maximum absolute atomic E-state index is 12.1. The third-order valence-electron chi connectivity index (χ3n) is 6.64. The van der Waals surface area contributed by atoms with Gasteiger partial charge in [-0.25, -0.2) is 0 Å². The first-order valence-corrected chi connectivity index (χ1v) is 12.1. The van der Waals surface area contributed by atoms with Crippen molar-refractivity contribution in [3.63, 3.8) is 0 Å². The molecule has 1 fully saturated rings. The zero-order valence-electron chi connectivity index (χ0n) is 19.7. The summed E-state index contributed by atoms with van der Waals surface area (Å²) in [6.07, 6.45) is 12.5. The molecule has 1 aliphatic rings. The molecule has 0 amide bonds. The van der Waals surface area contributed by atoms with Gasteiger partial charge in [-0.05, 0) is 50.8 Å². The molecule has 1 aromatic rings. The van der Waals surface area contributed by atoms with Gasteiger partial charge in [-0.1, -0.05) is 76.1 Å². The molecule has 0 heterocycles. The molecule has 0 atom stereocenters. The van der Waals surface area contributed by atoms with Crippen LogP contribution in [0, 0.1) is 5.41 Å². The standard InChI is InChI=1S/C26H41NO4/c1-4-6-7-8-9-10-11-12-13-21-14-16-22(17-15-21)20-27(3)23-18-26(19-23,24(28)29)25(30)31-5-2/h14-17,23H,4-13,18-20H2,1-3H3,(H,28,29). The van der Waals surface area contributed by atoms with Crippen LogP contribution in [-0.4, -0.2) is 41.6 Å². The zero-order valence-corrected chi connectivity index (χ0v) is 19.7. The molecule has 0 saturated heterocycles. The van der Waals surface area contributed by atoms with Gasteiger partial charge in [0, 0.05) is 12.6 Å². The molecule has 2 rings (SSSR count). The molecular formula is C26H41NO4. The highest BCUT2D eigenvalue weighted by molar-refractivity contribution is 6.00. The Balaban J connectivity index is 1.70. The number of nitrogens with zero attached hydrogens (tertiary/aromatic N) is 1. The number of carbonyl (C=O) groups excluding carboxylic acids is 1. The third kappa shape index (κ3) is 7.34. The lowest BCUT2D eigenvalue weighted by Gasteiger charge is -2.46. The van der Waals surface area contributed by atoms with E-state index in [4.69, 9.17) is 4.74 Å². The van der Waals surface area contributed by atoms with Crippen LogP contribution in [0.25, 0.3) is 0 Å². The molecule has 0 aromatic heterocycles. The molecule has 0 aliphatic heterocycles. The molecule has 1 saturated carbocycles. The van der Waals surface area contributed by atoms with Gasteiger partial charge in [0.05, 0.1) is 6.61 Å². The highest BCUT2D eigenvalue weighted by Gasteiger charge is 2.58. The zero-order chi connectivity index (χ0) is 22.7. The molecule has 5 nitrogen and oxygen atoms in total. The van der Waals surface area contributed by atoms with Gasteiger partial charge in [0.1, 0.15) is 0 Å². The number of esters is 1. The van der Waals surface area contributed by atoms with Crippen LogP contribution in [0.15, 0.2) is 24.3 Å². The van der Waals surface area contributed by atoms with Gasteiger partial charge in [-0.3, -0.25) is 14.5 Å². The maximum Gasteiger partial charge on any atom is 0.323 e. The normalized spacial score (nSPS) is 20.5. The topological polar surface area (TPSA) is 66.8 Å². The number of unbranched alkanes of at least 4 members (excludes halogenated alkanes) is 7. The Hall–Kier alpha value is -1.88. The number of benzene rings is 1. The molecule has 1 N–H and O–H groups in total. The second-order valence-corrected chi connectivity index (χ2v) is 9.13. The van der Waals surface area contributed by atoms with Crippen LogP contribution in [0.3, 0.4) is 0 Å². The molecular weight excluding hydrogens is 390 g/mol. The van der Waals surface area contributed by atoms with Gasteiger partial charge in [-0.2, -0.15) is 0 Å². The van der Waals surface area contributed by atoms with Crippen molar-refractivity contribution >= 4 is 11.9 Å². The SMILES string of the molecule is CCCCCCCCCCc1ccc(CN(C)C2CC(C(=O)O)(C(=O)OCC)C2)cc1. The summed E-state index contributed by atoms with van der Waals surface area (Å²) in [5, 5.41) is 9.53. The number of ether oxygens (including phenoxy) is 1. The van der Waals surface area contributed by atoms with Crippen LogP contribution < -0.4 is 0 Å². The van der Waals surface area contributed by atoms with E-state index in [1.807, 2.05) is 7.05 Å². The number of rotatable bonds is 15. The monoisotopic (exact) mass is 431 g/mol. The Kier molecular flexibility index (Phi) is 10.5. The van der Waals surface area contributed by atoms with E-state index < -0.39 is 17.4 Å². The van der Waals surface area contributed by atoms with Gasteiger partial charge in [0.15, 0.2) is 5.41 Å². The van der Waals surface area contributed by atoms with Crippen LogP contribution in [0.1, 0.15) is 89.2 Å². The summed E-state index contributed by atoms with van der Waals surface area (Å²) >= 11 is 0. The Labute approximate surface area is 188 Å². The summed E-state index contributed by atoms with van der Waals surface area (Å²) in [7, 11) is 2.00. The first-order chi connectivity index (χ1) is 14.9. The number of hydrogen-bond donors (Lipinski definition) is 1. The Morgan fingerprint density at radius 3 is 2.06 bits per heavy atom. The number of carboxylic acid groups (broad SMARTS) is 1. The van der Waals surface area contributed by atoms with Crippen LogP contribution >= 0.6 is 0 Å². The quantitative estimate of drug-likeness (QED) is 0.222. The number of hydrogen-bond acceptors (Lipinski definition) is 4. The second kappa shape index (κ2) is 12.8. The minimum absolute atomic E-state index is 0.0810. The van der Waals surface area contributed by atoms with Crippen molar-refractivity contribution in [2.45, 2.75) is 97.1 Å². The fourth-order valence-corrected chi connectivity index (χ4v) is 4.45. The molecule has 1 aliphatic carbocycles. The molecule has 0 unspecified atom stereocenters. The number of aryl methyl sites for hydroxylation is 1. The van der Waals surface area contributed by atoms with Crippen molar-refractivity contribution in [3.8, 4) is 0 Å². The minimum Gasteiger partial charge on any atom is -0.480 e. The van der Waals surface area contributed by atoms with Gasteiger partial charge >= 0.3 is 11.9 Å². The van der Waals surface area contributed by atoms with Crippen molar-refractivity contribution in [2.75, 3.05) is 13.7 Å². The van der Waals surface area contributed by atoms with Crippen LogP contribution in [0.4, 0.5) is 0 Å². The molecule has 1 aromatic carbocycles. The Morgan fingerprint density at radius 1 is 0.968 bits per heavy atom. The van der Waals surface area contributed by atoms with E-state index in [1.54, 1.807) is 6.92 Å². The largest absolute Gasteiger partial charge is 0.480 e. The molecule has 0 spiro atoms. The van der Waals surface area contributed by atoms with E-state index in [0.717, 1.165) is 13.0 Å². The first kappa shape index (κ1) is 25.4. The third-order valence-corrected chi connectivity index (χ3v) is 6.64. The summed E-state index contributed by atoms with van der Waals surface area (Å²) in [5.74, 6) is -1.67. The van der Waals surface area contributed by atoms with E-state index >= 15 is 0 Å². The summed E-state index contributed by atoms with van der Waals surface area (Å²) in [5.41, 5.74) is 1.23. The average Bonchev–Trinajstić information content (AvgIpc) is 2.70. The van der Waals surface area contributed by atoms with Crippen molar-refractivity contribution in [2.24, 2.45) is 5.41 Å².